The molecule has 3 aliphatic carbocycles. The second-order valence-corrected chi connectivity index (χ2v) is 10.2. The van der Waals surface area contributed by atoms with Crippen LogP contribution in [-0.2, 0) is 23.2 Å². The third-order valence-corrected chi connectivity index (χ3v) is 8.13. The van der Waals surface area contributed by atoms with Gasteiger partial charge in [-0.05, 0) is 54.4 Å². The van der Waals surface area contributed by atoms with Crippen LogP contribution in [0.4, 0.5) is 4.39 Å². The van der Waals surface area contributed by atoms with Crippen LogP contribution in [0.15, 0.2) is 72.2 Å². The van der Waals surface area contributed by atoms with Crippen molar-refractivity contribution in [3.05, 3.63) is 69.0 Å². The summed E-state index contributed by atoms with van der Waals surface area (Å²) in [6.45, 7) is 5.16. The van der Waals surface area contributed by atoms with Crippen LogP contribution in [-0.4, -0.2) is 40.4 Å². The van der Waals surface area contributed by atoms with Crippen molar-refractivity contribution >= 4 is 35.3 Å². The summed E-state index contributed by atoms with van der Waals surface area (Å²) in [4.78, 5) is 42.0. The van der Waals surface area contributed by atoms with Crippen molar-refractivity contribution in [1.29, 1.82) is 0 Å². The van der Waals surface area contributed by atoms with E-state index in [-0.39, 0.29) is 29.2 Å². The Balaban J connectivity index is 1.19. The molecule has 2 amide bonds. The fraction of sp³-hybridized carbons (Fsp3) is 0.346. The summed E-state index contributed by atoms with van der Waals surface area (Å²) in [6, 6.07) is 5.08. The zero-order chi connectivity index (χ0) is 26.9. The van der Waals surface area contributed by atoms with E-state index < -0.39 is 23.4 Å². The monoisotopic (exact) mass is 519 g/mol. The molecule has 4 N–H and O–H groups in total. The van der Waals surface area contributed by atoms with Crippen molar-refractivity contribution in [2.45, 2.75) is 26.3 Å². The Bertz CT molecular complexity index is 1620. The molecule has 196 valence electrons. The largest absolute Gasteiger partial charge is 0.419 e. The predicted octanol–water partition coefficient (Wildman–Crippen LogP) is 1.53. The molecule has 1 aromatic carbocycles. The molecule has 3 unspecified atom stereocenters. The minimum absolute atomic E-state index is 0.0305. The number of rotatable bonds is 7. The molecule has 2 heterocycles. The fourth-order valence-electron chi connectivity index (χ4n) is 6.10. The molecule has 12 heteroatoms. The number of nitrogens with two attached hydrogens (primary N) is 1. The lowest BCUT2D eigenvalue weighted by atomic mass is 9.33. The number of halogens is 1. The Morgan fingerprint density at radius 3 is 2.79 bits per heavy atom. The van der Waals surface area contributed by atoms with E-state index in [1.54, 1.807) is 25.2 Å². The molecular weight excluding hydrogens is 493 g/mol. The molecule has 1 aliphatic heterocycles. The Morgan fingerprint density at radius 2 is 2.13 bits per heavy atom. The van der Waals surface area contributed by atoms with E-state index in [1.165, 1.54) is 16.2 Å². The van der Waals surface area contributed by atoms with E-state index in [0.717, 1.165) is 30.5 Å². The van der Waals surface area contributed by atoms with Crippen molar-refractivity contribution in [2.24, 2.45) is 40.1 Å². The highest BCUT2D eigenvalue weighted by atomic mass is 19.1. The summed E-state index contributed by atoms with van der Waals surface area (Å²) in [5, 5.41) is 10.4. The summed E-state index contributed by atoms with van der Waals surface area (Å²) in [7, 11) is 1.59. The van der Waals surface area contributed by atoms with Gasteiger partial charge in [0.05, 0.1) is 5.52 Å². The van der Waals surface area contributed by atoms with Crippen molar-refractivity contribution < 1.29 is 18.4 Å². The van der Waals surface area contributed by atoms with Gasteiger partial charge < -0.3 is 20.8 Å². The second-order valence-electron chi connectivity index (χ2n) is 10.2. The fourth-order valence-corrected chi connectivity index (χ4v) is 6.10. The average molecular weight is 520 g/mol. The van der Waals surface area contributed by atoms with Crippen molar-refractivity contribution in [1.82, 2.24) is 20.2 Å². The van der Waals surface area contributed by atoms with Gasteiger partial charge in [-0.25, -0.2) is 19.2 Å². The molecule has 0 spiro atoms. The second kappa shape index (κ2) is 8.27. The maximum atomic E-state index is 14.4. The normalized spacial score (nSPS) is 26.3. The lowest BCUT2D eigenvalue weighted by Gasteiger charge is -2.72. The number of aliphatic imine (C=N–C) groups is 1. The molecule has 0 bridgehead atoms. The number of fused-ring (bicyclic) bond motifs is 1. The van der Waals surface area contributed by atoms with E-state index >= 15 is 0 Å². The van der Waals surface area contributed by atoms with Crippen molar-refractivity contribution in [3.8, 4) is 0 Å². The Hall–Kier alpha value is -4.48. The Morgan fingerprint density at radius 1 is 1.34 bits per heavy atom. The van der Waals surface area contributed by atoms with E-state index in [1.807, 2.05) is 0 Å². The first-order chi connectivity index (χ1) is 18.1. The molecule has 4 aliphatic rings. The van der Waals surface area contributed by atoms with E-state index in [4.69, 9.17) is 10.2 Å². The van der Waals surface area contributed by atoms with E-state index in [0.29, 0.717) is 35.0 Å². The number of oxazole rings is 1. The maximum Gasteiger partial charge on any atom is 0.419 e. The highest BCUT2D eigenvalue weighted by Gasteiger charge is 2.69. The quantitative estimate of drug-likeness (QED) is 0.473. The zero-order valence-electron chi connectivity index (χ0n) is 20.9. The molecular formula is C26H26FN7O4. The van der Waals surface area contributed by atoms with Crippen LogP contribution in [0.2, 0.25) is 0 Å². The summed E-state index contributed by atoms with van der Waals surface area (Å²) < 4.78 is 20.9. The number of nitrogens with one attached hydrogen (secondary N) is 2. The van der Waals surface area contributed by atoms with Gasteiger partial charge >= 0.3 is 5.76 Å². The molecule has 11 nitrogen and oxygen atoms in total. The third-order valence-electron chi connectivity index (χ3n) is 8.13. The highest BCUT2D eigenvalue weighted by molar-refractivity contribution is 6.44. The summed E-state index contributed by atoms with van der Waals surface area (Å²) in [5.74, 6) is -1.75. The first-order valence-electron chi connectivity index (χ1n) is 12.2. The number of allylic oxidation sites excluding steroid dienone is 3. The van der Waals surface area contributed by atoms with Crippen molar-refractivity contribution in [3.63, 3.8) is 0 Å². The Labute approximate surface area is 216 Å². The number of benzene rings is 1. The van der Waals surface area contributed by atoms with Gasteiger partial charge in [0.1, 0.15) is 17.2 Å². The van der Waals surface area contributed by atoms with Crippen LogP contribution in [0.5, 0.6) is 0 Å². The standard InChI is InChI=1S/C26H26FN7O4/c1-12(27)22-32-16(23(35)30-10-13-4-5-19-17(6-13)33(3)25(37)38-19)7-18(34(22)29-2)24(36)31-11-26-8-14-20(26)15(9-26)21(14)28/h4-7,14,20H,2,8-11,28H2,1,3H3,(H,30,35)(H,31,36)/b22-12+. The summed E-state index contributed by atoms with van der Waals surface area (Å²) in [6.07, 6.45) is 3.09. The number of carbonyl (C=O) groups excluding carboxylic acids is 2. The molecule has 3 atom stereocenters. The molecule has 0 saturated heterocycles. The smallest absolute Gasteiger partial charge is 0.408 e. The SMILES string of the molecule is C=NN1C(C(=O)NCC23CC4=C(N)C(C2)C43)=CC(C(=O)NCc2ccc3oc(=O)n(C)c3c2)=N/C1=C(/C)F. The molecule has 6 rings (SSSR count). The molecule has 0 radical (unpaired) electrons. The number of aromatic nitrogens is 1. The van der Waals surface area contributed by atoms with Gasteiger partial charge in [-0.1, -0.05) is 6.07 Å². The minimum atomic E-state index is -0.730. The van der Waals surface area contributed by atoms with Gasteiger partial charge in [-0.3, -0.25) is 14.2 Å². The topological polar surface area (TPSA) is 147 Å². The maximum absolute atomic E-state index is 14.4. The third kappa shape index (κ3) is 3.36. The molecule has 2 saturated carbocycles. The van der Waals surface area contributed by atoms with Gasteiger partial charge in [0, 0.05) is 44.5 Å². The van der Waals surface area contributed by atoms with Crippen LogP contribution in [0.1, 0.15) is 25.3 Å². The predicted molar refractivity (Wildman–Crippen MR) is 137 cm³/mol. The van der Waals surface area contributed by atoms with Crippen LogP contribution in [0.3, 0.4) is 0 Å². The molecule has 2 aromatic rings. The van der Waals surface area contributed by atoms with Crippen LogP contribution in [0.25, 0.3) is 11.1 Å². The number of carbonyl (C=O) groups is 2. The van der Waals surface area contributed by atoms with E-state index in [2.05, 4.69) is 27.4 Å². The molecule has 1 aromatic heterocycles. The zero-order valence-corrected chi connectivity index (χ0v) is 20.9. The average Bonchev–Trinajstić information content (AvgIpc) is 3.19. The molecule has 38 heavy (non-hydrogen) atoms. The van der Waals surface area contributed by atoms with E-state index in [9.17, 15) is 18.8 Å². The van der Waals surface area contributed by atoms with Gasteiger partial charge in [-0.15, -0.1) is 0 Å². The van der Waals surface area contributed by atoms with Gasteiger partial charge in [0.2, 0.25) is 0 Å². The minimum Gasteiger partial charge on any atom is -0.408 e. The molecule has 2 fully saturated rings. The first-order valence-corrected chi connectivity index (χ1v) is 12.2. The number of nitrogens with zero attached hydrogens (tertiary/aromatic N) is 4. The number of hydrogen-bond acceptors (Lipinski definition) is 8. The number of hydrazone groups is 1. The number of aryl methyl sites for hydroxylation is 1. The number of hydrogen-bond donors (Lipinski definition) is 3. The Kier molecular flexibility index (Phi) is 5.20. The van der Waals surface area contributed by atoms with Crippen LogP contribution >= 0.6 is 0 Å². The number of amides is 2. The first kappa shape index (κ1) is 23.9. The van der Waals surface area contributed by atoms with Crippen LogP contribution < -0.4 is 22.1 Å². The van der Waals surface area contributed by atoms with Gasteiger partial charge in [0.25, 0.3) is 11.8 Å². The lowest BCUT2D eigenvalue weighted by molar-refractivity contribution is -0.126. The highest BCUT2D eigenvalue weighted by Crippen LogP contribution is 2.75. The van der Waals surface area contributed by atoms with Gasteiger partial charge in [-0.2, -0.15) is 5.10 Å². The summed E-state index contributed by atoms with van der Waals surface area (Å²) >= 11 is 0. The van der Waals surface area contributed by atoms with Gasteiger partial charge in [0.15, 0.2) is 11.4 Å². The summed E-state index contributed by atoms with van der Waals surface area (Å²) in [5.41, 5.74) is 9.89. The van der Waals surface area contributed by atoms with Crippen LogP contribution in [0, 0.1) is 17.3 Å². The lowest BCUT2D eigenvalue weighted by Crippen LogP contribution is -2.69. The van der Waals surface area contributed by atoms with Crippen molar-refractivity contribution in [2.75, 3.05) is 6.54 Å².